The van der Waals surface area contributed by atoms with Gasteiger partial charge in [-0.25, -0.2) is 0 Å². The number of benzene rings is 2. The third-order valence-electron chi connectivity index (χ3n) is 3.22. The summed E-state index contributed by atoms with van der Waals surface area (Å²) in [6.45, 7) is 1.29. The molecule has 0 saturated heterocycles. The summed E-state index contributed by atoms with van der Waals surface area (Å²) in [6.07, 6.45) is 0.00445. The molecule has 6 nitrogen and oxygen atoms in total. The highest BCUT2D eigenvalue weighted by atomic mass is 16.2. The van der Waals surface area contributed by atoms with Crippen molar-refractivity contribution in [1.82, 2.24) is 10.9 Å². The van der Waals surface area contributed by atoms with E-state index in [9.17, 15) is 14.4 Å². The van der Waals surface area contributed by atoms with Gasteiger partial charge in [0, 0.05) is 31.1 Å². The van der Waals surface area contributed by atoms with Crippen LogP contribution >= 0.6 is 0 Å². The SMILES string of the molecule is CC(=O)NNC(=O)CCC(=O)N(c1ccccc1)c1ccccc1. The maximum Gasteiger partial charge on any atom is 0.238 e. The molecule has 2 N–H and O–H groups in total. The highest BCUT2D eigenvalue weighted by Gasteiger charge is 2.18. The summed E-state index contributed by atoms with van der Waals surface area (Å²) in [4.78, 5) is 36.6. The molecule has 0 spiro atoms. The Hall–Kier alpha value is -3.15. The Kier molecular flexibility index (Phi) is 6.08. The summed E-state index contributed by atoms with van der Waals surface area (Å²) in [5.41, 5.74) is 5.91. The number of anilines is 2. The lowest BCUT2D eigenvalue weighted by Gasteiger charge is -2.23. The molecule has 3 amide bonds. The minimum atomic E-state index is -0.417. The van der Waals surface area contributed by atoms with Crippen LogP contribution in [0.2, 0.25) is 0 Å². The van der Waals surface area contributed by atoms with Gasteiger partial charge in [0.05, 0.1) is 0 Å². The van der Waals surface area contributed by atoms with Crippen molar-refractivity contribution in [3.8, 4) is 0 Å². The van der Waals surface area contributed by atoms with Gasteiger partial charge >= 0.3 is 0 Å². The smallest absolute Gasteiger partial charge is 0.238 e. The van der Waals surface area contributed by atoms with E-state index in [1.54, 1.807) is 4.90 Å². The molecule has 0 radical (unpaired) electrons. The van der Waals surface area contributed by atoms with Crippen LogP contribution < -0.4 is 15.8 Å². The Bertz CT molecular complexity index is 662. The van der Waals surface area contributed by atoms with Crippen LogP contribution in [-0.4, -0.2) is 17.7 Å². The van der Waals surface area contributed by atoms with Crippen molar-refractivity contribution in [2.45, 2.75) is 19.8 Å². The van der Waals surface area contributed by atoms with Crippen molar-refractivity contribution in [2.24, 2.45) is 0 Å². The van der Waals surface area contributed by atoms with Crippen molar-refractivity contribution in [3.63, 3.8) is 0 Å². The molecule has 0 saturated carbocycles. The van der Waals surface area contributed by atoms with Gasteiger partial charge in [0.25, 0.3) is 0 Å². The molecule has 2 aromatic rings. The van der Waals surface area contributed by atoms with Gasteiger partial charge in [-0.2, -0.15) is 0 Å². The summed E-state index contributed by atoms with van der Waals surface area (Å²) >= 11 is 0. The van der Waals surface area contributed by atoms with Crippen LogP contribution in [-0.2, 0) is 14.4 Å². The highest BCUT2D eigenvalue weighted by Crippen LogP contribution is 2.25. The number of rotatable bonds is 5. The van der Waals surface area contributed by atoms with E-state index in [1.807, 2.05) is 60.7 Å². The van der Waals surface area contributed by atoms with E-state index in [1.165, 1.54) is 6.92 Å². The van der Waals surface area contributed by atoms with E-state index in [4.69, 9.17) is 0 Å². The number of hydrogen-bond donors (Lipinski definition) is 2. The number of hydrogen-bond acceptors (Lipinski definition) is 3. The number of nitrogens with one attached hydrogen (secondary N) is 2. The molecule has 2 rings (SSSR count). The first-order chi connectivity index (χ1) is 11.6. The molecule has 0 atom stereocenters. The van der Waals surface area contributed by atoms with Crippen LogP contribution in [0.5, 0.6) is 0 Å². The molecule has 2 aromatic carbocycles. The number of nitrogens with zero attached hydrogens (tertiary/aromatic N) is 1. The van der Waals surface area contributed by atoms with Crippen molar-refractivity contribution in [2.75, 3.05) is 4.90 Å². The number of hydrazine groups is 1. The van der Waals surface area contributed by atoms with Gasteiger partial charge in [-0.05, 0) is 24.3 Å². The molecule has 6 heteroatoms. The van der Waals surface area contributed by atoms with Crippen molar-refractivity contribution in [3.05, 3.63) is 60.7 Å². The van der Waals surface area contributed by atoms with E-state index < -0.39 is 5.91 Å². The van der Waals surface area contributed by atoms with Crippen LogP contribution in [0.1, 0.15) is 19.8 Å². The Morgan fingerprint density at radius 1 is 0.792 bits per heavy atom. The molecule has 24 heavy (non-hydrogen) atoms. The molecule has 0 aliphatic rings. The molecular formula is C18H19N3O3. The lowest BCUT2D eigenvalue weighted by molar-refractivity contribution is -0.129. The maximum absolute atomic E-state index is 12.6. The van der Waals surface area contributed by atoms with Crippen molar-refractivity contribution >= 4 is 29.1 Å². The van der Waals surface area contributed by atoms with Crippen LogP contribution in [0.3, 0.4) is 0 Å². The standard InChI is InChI=1S/C18H19N3O3/c1-14(22)19-20-17(23)12-13-18(24)21(15-8-4-2-5-9-15)16-10-6-3-7-11-16/h2-11H,12-13H2,1H3,(H,19,22)(H,20,23). The molecule has 0 aliphatic carbocycles. The summed E-state index contributed by atoms with van der Waals surface area (Å²) in [5, 5.41) is 0. The second-order valence-corrected chi connectivity index (χ2v) is 5.13. The molecular weight excluding hydrogens is 306 g/mol. The van der Waals surface area contributed by atoms with Gasteiger partial charge < -0.3 is 0 Å². The summed E-state index contributed by atoms with van der Waals surface area (Å²) in [7, 11) is 0. The first kappa shape index (κ1) is 17.2. The predicted octanol–water partition coefficient (Wildman–Crippen LogP) is 2.30. The number of para-hydroxylation sites is 2. The van der Waals surface area contributed by atoms with Crippen LogP contribution in [0.25, 0.3) is 0 Å². The Morgan fingerprint density at radius 2 is 1.29 bits per heavy atom. The Morgan fingerprint density at radius 3 is 1.75 bits per heavy atom. The fraction of sp³-hybridized carbons (Fsp3) is 0.167. The zero-order chi connectivity index (χ0) is 17.4. The molecule has 0 fully saturated rings. The van der Waals surface area contributed by atoms with Gasteiger partial charge in [-0.1, -0.05) is 36.4 Å². The van der Waals surface area contributed by atoms with Gasteiger partial charge in [0.2, 0.25) is 17.7 Å². The van der Waals surface area contributed by atoms with Crippen LogP contribution in [0, 0.1) is 0 Å². The monoisotopic (exact) mass is 325 g/mol. The summed E-state index contributed by atoms with van der Waals surface area (Å²) < 4.78 is 0. The summed E-state index contributed by atoms with van der Waals surface area (Å²) in [5.74, 6) is -0.991. The topological polar surface area (TPSA) is 78.5 Å². The van der Waals surface area contributed by atoms with Crippen LogP contribution in [0.4, 0.5) is 11.4 Å². The largest absolute Gasteiger partial charge is 0.281 e. The number of carbonyl (C=O) groups is 3. The zero-order valence-corrected chi connectivity index (χ0v) is 13.4. The van der Waals surface area contributed by atoms with Crippen molar-refractivity contribution < 1.29 is 14.4 Å². The van der Waals surface area contributed by atoms with E-state index in [0.717, 1.165) is 11.4 Å². The molecule has 0 aliphatic heterocycles. The van der Waals surface area contributed by atoms with Crippen molar-refractivity contribution in [1.29, 1.82) is 0 Å². The summed E-state index contributed by atoms with van der Waals surface area (Å²) in [6, 6.07) is 18.5. The average Bonchev–Trinajstić information content (AvgIpc) is 2.60. The lowest BCUT2D eigenvalue weighted by Crippen LogP contribution is -2.40. The highest BCUT2D eigenvalue weighted by molar-refractivity contribution is 6.01. The third-order valence-corrected chi connectivity index (χ3v) is 3.22. The lowest BCUT2D eigenvalue weighted by atomic mass is 10.2. The second-order valence-electron chi connectivity index (χ2n) is 5.13. The van der Waals surface area contributed by atoms with Crippen LogP contribution in [0.15, 0.2) is 60.7 Å². The zero-order valence-electron chi connectivity index (χ0n) is 13.4. The number of amides is 3. The molecule has 0 heterocycles. The predicted molar refractivity (Wildman–Crippen MR) is 91.2 cm³/mol. The molecule has 0 aromatic heterocycles. The van der Waals surface area contributed by atoms with Gasteiger partial charge in [-0.3, -0.25) is 30.1 Å². The third kappa shape index (κ3) is 4.95. The first-order valence-corrected chi connectivity index (χ1v) is 7.56. The molecule has 0 unspecified atom stereocenters. The van der Waals surface area contributed by atoms with E-state index in [2.05, 4.69) is 10.9 Å². The average molecular weight is 325 g/mol. The minimum Gasteiger partial charge on any atom is -0.281 e. The number of carbonyl (C=O) groups excluding carboxylic acids is 3. The normalized spacial score (nSPS) is 9.88. The minimum absolute atomic E-state index is 0.0186. The van der Waals surface area contributed by atoms with E-state index in [-0.39, 0.29) is 24.7 Å². The maximum atomic E-state index is 12.6. The Balaban J connectivity index is 2.09. The molecule has 124 valence electrons. The van der Waals surface area contributed by atoms with E-state index >= 15 is 0 Å². The quantitative estimate of drug-likeness (QED) is 0.828. The fourth-order valence-corrected chi connectivity index (χ4v) is 2.14. The van der Waals surface area contributed by atoms with E-state index in [0.29, 0.717) is 0 Å². The molecule has 0 bridgehead atoms. The fourth-order valence-electron chi connectivity index (χ4n) is 2.14. The van der Waals surface area contributed by atoms with Gasteiger partial charge in [0.1, 0.15) is 0 Å². The Labute approximate surface area is 140 Å². The van der Waals surface area contributed by atoms with Gasteiger partial charge in [-0.15, -0.1) is 0 Å². The first-order valence-electron chi connectivity index (χ1n) is 7.56. The van der Waals surface area contributed by atoms with Gasteiger partial charge in [0.15, 0.2) is 0 Å². The second kappa shape index (κ2) is 8.47.